The molecule has 5 nitrogen and oxygen atoms in total. The Bertz CT molecular complexity index is 1090. The first kappa shape index (κ1) is 41.9. The topological polar surface area (TPSA) is 85.1 Å². The number of carbonyl (C=O) groups excluding carboxylic acids is 2. The molecule has 0 aliphatic carbocycles. The first-order valence-corrected chi connectivity index (χ1v) is 14.4. The van der Waals surface area contributed by atoms with Crippen LogP contribution >= 0.6 is 0 Å². The Morgan fingerprint density at radius 2 is 1.41 bits per heavy atom. The molecule has 0 radical (unpaired) electrons. The van der Waals surface area contributed by atoms with Crippen LogP contribution in [0, 0.1) is 12.3 Å². The van der Waals surface area contributed by atoms with Crippen molar-refractivity contribution in [1.29, 1.82) is 0 Å². The Kier molecular flexibility index (Phi) is 26.0. The summed E-state index contributed by atoms with van der Waals surface area (Å²) in [7, 11) is 1.50. The minimum Gasteiger partial charge on any atom is -0.333 e. The van der Waals surface area contributed by atoms with E-state index in [4.69, 9.17) is 4.79 Å². The molecule has 5 heteroatoms. The number of rotatable bonds is 5. The van der Waals surface area contributed by atoms with Gasteiger partial charge in [0.1, 0.15) is 6.29 Å². The highest BCUT2D eigenvalue weighted by molar-refractivity contribution is 6.04. The Morgan fingerprint density at radius 1 is 0.927 bits per heavy atom. The van der Waals surface area contributed by atoms with Crippen LogP contribution < -0.4 is 11.1 Å². The quantitative estimate of drug-likeness (QED) is 0.302. The van der Waals surface area contributed by atoms with Crippen LogP contribution in [0.25, 0.3) is 16.7 Å². The number of amides is 1. The zero-order valence-corrected chi connectivity index (χ0v) is 27.9. The summed E-state index contributed by atoms with van der Waals surface area (Å²) in [6, 6.07) is 17.6. The van der Waals surface area contributed by atoms with Crippen LogP contribution in [0.3, 0.4) is 0 Å². The van der Waals surface area contributed by atoms with Gasteiger partial charge < -0.3 is 15.8 Å². The molecule has 0 aliphatic rings. The van der Waals surface area contributed by atoms with Gasteiger partial charge in [-0.25, -0.2) is 0 Å². The highest BCUT2D eigenvalue weighted by Crippen LogP contribution is 2.23. The molecule has 0 saturated heterocycles. The number of aromatic nitrogens is 1. The molecule has 1 heterocycles. The maximum absolute atomic E-state index is 12.6. The number of anilines is 1. The van der Waals surface area contributed by atoms with Gasteiger partial charge in [0.05, 0.1) is 5.56 Å². The molecule has 1 aromatic heterocycles. The second kappa shape index (κ2) is 25.4. The van der Waals surface area contributed by atoms with E-state index in [2.05, 4.69) is 64.2 Å². The van der Waals surface area contributed by atoms with Crippen molar-refractivity contribution in [2.24, 2.45) is 11.1 Å². The lowest BCUT2D eigenvalue weighted by Crippen LogP contribution is -2.12. The summed E-state index contributed by atoms with van der Waals surface area (Å²) < 4.78 is 0. The lowest BCUT2D eigenvalue weighted by molar-refractivity contribution is -0.106. The van der Waals surface area contributed by atoms with Gasteiger partial charge in [-0.3, -0.25) is 9.78 Å². The molecule has 2 aromatic carbocycles. The van der Waals surface area contributed by atoms with Crippen LogP contribution in [-0.2, 0) is 4.79 Å². The Hall–Kier alpha value is -3.57. The summed E-state index contributed by atoms with van der Waals surface area (Å²) in [6.07, 6.45) is 6.73. The van der Waals surface area contributed by atoms with E-state index in [1.807, 2.05) is 82.3 Å². The third kappa shape index (κ3) is 21.9. The number of aryl methyl sites for hydroxylation is 1. The lowest BCUT2D eigenvalue weighted by atomic mass is 10.0. The van der Waals surface area contributed by atoms with E-state index in [1.54, 1.807) is 12.4 Å². The molecule has 0 saturated carbocycles. The summed E-state index contributed by atoms with van der Waals surface area (Å²) in [6.45, 7) is 26.5. The molecule has 0 fully saturated rings. The van der Waals surface area contributed by atoms with Gasteiger partial charge in [0.15, 0.2) is 0 Å². The fourth-order valence-electron chi connectivity index (χ4n) is 2.72. The average Bonchev–Trinajstić information content (AvgIpc) is 2.96. The molecule has 3 aromatic rings. The number of aldehydes is 1. The number of nitrogens with one attached hydrogen (secondary N) is 1. The Labute approximate surface area is 251 Å². The van der Waals surface area contributed by atoms with Crippen molar-refractivity contribution in [2.75, 3.05) is 12.4 Å². The van der Waals surface area contributed by atoms with Crippen molar-refractivity contribution in [2.45, 2.75) is 89.0 Å². The Morgan fingerprint density at radius 3 is 1.85 bits per heavy atom. The van der Waals surface area contributed by atoms with Crippen molar-refractivity contribution >= 4 is 23.5 Å². The summed E-state index contributed by atoms with van der Waals surface area (Å²) in [4.78, 5) is 25.6. The van der Waals surface area contributed by atoms with Gasteiger partial charge in [-0.2, -0.15) is 0 Å². The molecule has 0 aliphatic heterocycles. The number of pyridine rings is 1. The second-order valence-electron chi connectivity index (χ2n) is 10.3. The summed E-state index contributed by atoms with van der Waals surface area (Å²) in [5, 5.41) is 2.94. The number of allylic oxidation sites excluding steroid dienone is 1. The first-order chi connectivity index (χ1) is 19.4. The van der Waals surface area contributed by atoms with E-state index < -0.39 is 0 Å². The first-order valence-electron chi connectivity index (χ1n) is 14.4. The van der Waals surface area contributed by atoms with Crippen molar-refractivity contribution in [1.82, 2.24) is 4.98 Å². The highest BCUT2D eigenvalue weighted by atomic mass is 16.1. The molecule has 3 rings (SSSR count). The molecule has 0 atom stereocenters. The van der Waals surface area contributed by atoms with Gasteiger partial charge in [0, 0.05) is 23.6 Å². The average molecular weight is 564 g/mol. The number of carbonyl (C=O) groups is 2. The van der Waals surface area contributed by atoms with E-state index in [0.717, 1.165) is 39.8 Å². The van der Waals surface area contributed by atoms with Crippen LogP contribution in [0.5, 0.6) is 0 Å². The van der Waals surface area contributed by atoms with Gasteiger partial charge in [-0.05, 0) is 68.1 Å². The normalized spacial score (nSPS) is 9.10. The van der Waals surface area contributed by atoms with E-state index >= 15 is 0 Å². The van der Waals surface area contributed by atoms with Crippen LogP contribution in [0.1, 0.15) is 104 Å². The van der Waals surface area contributed by atoms with Gasteiger partial charge in [-0.15, -0.1) is 0 Å². The third-order valence-corrected chi connectivity index (χ3v) is 4.56. The van der Waals surface area contributed by atoms with Crippen molar-refractivity contribution in [3.8, 4) is 11.1 Å². The van der Waals surface area contributed by atoms with Gasteiger partial charge in [-0.1, -0.05) is 117 Å². The molecule has 0 bridgehead atoms. The van der Waals surface area contributed by atoms with Crippen LogP contribution in [0.15, 0.2) is 73.6 Å². The number of unbranched alkanes of at least 4 members (excludes halogenated alkanes) is 1. The van der Waals surface area contributed by atoms with Crippen LogP contribution in [0.4, 0.5) is 5.69 Å². The number of hydrogen-bond acceptors (Lipinski definition) is 4. The molecule has 0 spiro atoms. The van der Waals surface area contributed by atoms with Gasteiger partial charge >= 0.3 is 0 Å². The van der Waals surface area contributed by atoms with Crippen molar-refractivity contribution in [3.63, 3.8) is 0 Å². The zero-order valence-electron chi connectivity index (χ0n) is 27.9. The fraction of sp³-hybridized carbons (Fsp3) is 0.417. The fourth-order valence-corrected chi connectivity index (χ4v) is 2.72. The predicted octanol–water partition coefficient (Wildman–Crippen LogP) is 10.0. The van der Waals surface area contributed by atoms with Gasteiger partial charge in [0.25, 0.3) is 5.91 Å². The largest absolute Gasteiger partial charge is 0.333 e. The number of nitrogens with zero attached hydrogens (tertiary/aromatic N) is 1. The molecule has 1 amide bonds. The molecular formula is C36H57N3O2. The van der Waals surface area contributed by atoms with E-state index in [9.17, 15) is 4.79 Å². The van der Waals surface area contributed by atoms with Gasteiger partial charge in [0.2, 0.25) is 0 Å². The maximum Gasteiger partial charge on any atom is 0.257 e. The Balaban J connectivity index is -0.000000754. The second-order valence-corrected chi connectivity index (χ2v) is 10.3. The van der Waals surface area contributed by atoms with E-state index in [0.29, 0.717) is 11.0 Å². The summed E-state index contributed by atoms with van der Waals surface area (Å²) in [5.41, 5.74) is 11.4. The molecule has 41 heavy (non-hydrogen) atoms. The van der Waals surface area contributed by atoms with E-state index in [-0.39, 0.29) is 5.91 Å². The van der Waals surface area contributed by atoms with Crippen LogP contribution in [0.2, 0.25) is 0 Å². The number of nitrogens with two attached hydrogens (primary N) is 1. The summed E-state index contributed by atoms with van der Waals surface area (Å²) in [5.74, 6) is -0.179. The SMILES string of the molecule is C=C(C)c1cc(NC(=O)c2cncc(-c3ccccc3)c2)ccc1C.CC.CC(C)(C)C.CC=O.CCCC.CN. The number of hydrogen-bond donors (Lipinski definition) is 2. The minimum atomic E-state index is -0.179. The standard InChI is InChI=1S/C22H20N2O.C5H12.C4H10.C2H4O.C2H6.CH5N/c1-15(2)21-12-20(10-9-16(21)3)24-22(25)19-11-18(13-23-14-19)17-7-5-4-6-8-17;1-5(2,3)4;1-3-4-2;1-2-3;2*1-2/h4-14H,1H2,2-3H3,(H,24,25);1-4H3;3-4H2,1-2H3;2H,1H3;1-2H3;2H2,1H3. The minimum absolute atomic E-state index is 0.179. The predicted molar refractivity (Wildman–Crippen MR) is 182 cm³/mol. The maximum atomic E-state index is 12.6. The molecular weight excluding hydrogens is 506 g/mol. The molecule has 0 unspecified atom stereocenters. The van der Waals surface area contributed by atoms with Crippen molar-refractivity contribution < 1.29 is 9.59 Å². The zero-order chi connectivity index (χ0) is 32.4. The monoisotopic (exact) mass is 563 g/mol. The lowest BCUT2D eigenvalue weighted by Gasteiger charge is -2.10. The number of benzene rings is 2. The third-order valence-electron chi connectivity index (χ3n) is 4.56. The van der Waals surface area contributed by atoms with E-state index in [1.165, 1.54) is 26.8 Å². The smallest absolute Gasteiger partial charge is 0.257 e. The highest BCUT2D eigenvalue weighted by Gasteiger charge is 2.10. The summed E-state index contributed by atoms with van der Waals surface area (Å²) >= 11 is 0. The van der Waals surface area contributed by atoms with Crippen LogP contribution in [-0.4, -0.2) is 24.2 Å². The molecule has 3 N–H and O–H groups in total. The molecule has 228 valence electrons. The van der Waals surface area contributed by atoms with Crippen molar-refractivity contribution in [3.05, 3.63) is 90.3 Å².